The molecule has 0 unspecified atom stereocenters. The minimum absolute atomic E-state index is 0.0201. The highest BCUT2D eigenvalue weighted by molar-refractivity contribution is 5.84. The van der Waals surface area contributed by atoms with Gasteiger partial charge in [0.15, 0.2) is 29.3 Å². The lowest BCUT2D eigenvalue weighted by atomic mass is 9.91. The van der Waals surface area contributed by atoms with E-state index >= 15 is 0 Å². The molecule has 4 atom stereocenters. The molecule has 0 radical (unpaired) electrons. The Morgan fingerprint density at radius 1 is 0.975 bits per heavy atom. The maximum atomic E-state index is 11.5. The summed E-state index contributed by atoms with van der Waals surface area (Å²) < 4.78 is 8.42. The van der Waals surface area contributed by atoms with Gasteiger partial charge in [-0.25, -0.2) is 14.8 Å². The van der Waals surface area contributed by atoms with Crippen molar-refractivity contribution in [2.75, 3.05) is 17.6 Å². The first-order valence-electron chi connectivity index (χ1n) is 12.5. The second kappa shape index (κ2) is 10.4. The third kappa shape index (κ3) is 4.62. The van der Waals surface area contributed by atoms with Crippen molar-refractivity contribution in [2.45, 2.75) is 30.5 Å². The van der Waals surface area contributed by atoms with Crippen molar-refractivity contribution in [1.29, 1.82) is 0 Å². The Hall–Kier alpha value is -4.85. The molecule has 0 saturated carbocycles. The summed E-state index contributed by atoms with van der Waals surface area (Å²) in [5.41, 5.74) is 8.65. The van der Waals surface area contributed by atoms with E-state index in [1.165, 1.54) is 21.8 Å². The van der Waals surface area contributed by atoms with Crippen LogP contribution in [0, 0.1) is 0 Å². The molecule has 1 aliphatic heterocycles. The molecule has 6 N–H and O–H groups in total. The number of aliphatic carboxylic acids is 1. The molecule has 0 spiro atoms. The number of aromatic nitrogens is 6. The first kappa shape index (κ1) is 25.4. The Labute approximate surface area is 227 Å². The summed E-state index contributed by atoms with van der Waals surface area (Å²) in [5.74, 6) is -0.543. The van der Waals surface area contributed by atoms with Gasteiger partial charge in [-0.05, 0) is 11.1 Å². The molecule has 1 saturated heterocycles. The van der Waals surface area contributed by atoms with Gasteiger partial charge in [-0.1, -0.05) is 60.7 Å². The first-order chi connectivity index (χ1) is 19.4. The van der Waals surface area contributed by atoms with Crippen molar-refractivity contribution in [1.82, 2.24) is 29.1 Å². The van der Waals surface area contributed by atoms with Gasteiger partial charge in [-0.3, -0.25) is 9.13 Å². The number of rotatable bonds is 8. The van der Waals surface area contributed by atoms with Crippen LogP contribution in [0.2, 0.25) is 0 Å². The highest BCUT2D eigenvalue weighted by atomic mass is 16.6. The van der Waals surface area contributed by atoms with Crippen LogP contribution in [0.25, 0.3) is 17.1 Å². The minimum atomic E-state index is -1.63. The average molecular weight is 543 g/mol. The van der Waals surface area contributed by atoms with Crippen LogP contribution in [0.15, 0.2) is 79.5 Å². The molecule has 0 amide bonds. The van der Waals surface area contributed by atoms with Crippen LogP contribution in [0.5, 0.6) is 0 Å². The van der Waals surface area contributed by atoms with E-state index in [1.54, 1.807) is 6.20 Å². The lowest BCUT2D eigenvalue weighted by Gasteiger charge is -2.20. The number of carboxylic acids is 1. The van der Waals surface area contributed by atoms with Gasteiger partial charge in [0.25, 0.3) is 0 Å². The molecule has 0 aliphatic carbocycles. The lowest BCUT2D eigenvalue weighted by molar-refractivity contribution is -0.155. The Kier molecular flexibility index (Phi) is 6.59. The molecule has 1 fully saturated rings. The van der Waals surface area contributed by atoms with Crippen molar-refractivity contribution < 1.29 is 24.9 Å². The minimum Gasteiger partial charge on any atom is -0.479 e. The molecule has 1 aliphatic rings. The molecule has 5 aromatic rings. The molecular weight excluding hydrogens is 516 g/mol. The number of imidazole rings is 2. The van der Waals surface area contributed by atoms with Crippen molar-refractivity contribution >= 4 is 28.8 Å². The van der Waals surface area contributed by atoms with Crippen LogP contribution < -0.4 is 11.1 Å². The standard InChI is InChI=1S/C27H26N8O5/c28-18-12-34(13-30-18)27-32-23(29-11-17(15-7-3-1-4-8-15)16-9-5-2-6-10-16)19-24(33-27)35(14-31-19)25-21(37)20(36)22(40-25)26(38)39/h1-10,12-14,17,20-22,25,36-37H,11,28H2,(H,38,39)(H,29,32,33)/t20-,21+,22-,25+/m0/s1. The SMILES string of the molecule is Nc1cn(-c2nc(NCC(c3ccccc3)c3ccccc3)c3ncn([C@@H]4O[C@H](C(=O)O)[C@@H](O)[C@H]4O)c3n2)cn1. The number of benzene rings is 2. The van der Waals surface area contributed by atoms with Crippen LogP contribution in [0.4, 0.5) is 11.6 Å². The predicted molar refractivity (Wildman–Crippen MR) is 144 cm³/mol. The normalized spacial score (nSPS) is 20.8. The molecule has 204 valence electrons. The van der Waals surface area contributed by atoms with Crippen LogP contribution >= 0.6 is 0 Å². The van der Waals surface area contributed by atoms with E-state index in [2.05, 4.69) is 49.5 Å². The van der Waals surface area contributed by atoms with Gasteiger partial charge in [0.2, 0.25) is 5.95 Å². The molecule has 40 heavy (non-hydrogen) atoms. The summed E-state index contributed by atoms with van der Waals surface area (Å²) in [5, 5.41) is 33.7. The number of anilines is 2. The number of hydrogen-bond acceptors (Lipinski definition) is 10. The van der Waals surface area contributed by atoms with Gasteiger partial charge in [-0.15, -0.1) is 0 Å². The number of nitrogens with one attached hydrogen (secondary N) is 1. The summed E-state index contributed by atoms with van der Waals surface area (Å²) >= 11 is 0. The Balaban J connectivity index is 1.41. The third-order valence-electron chi connectivity index (χ3n) is 6.88. The Bertz CT molecular complexity index is 1600. The number of nitrogen functional groups attached to an aromatic ring is 1. The Morgan fingerprint density at radius 3 is 2.23 bits per heavy atom. The highest BCUT2D eigenvalue weighted by Crippen LogP contribution is 2.33. The van der Waals surface area contributed by atoms with Crippen LogP contribution in [-0.2, 0) is 9.53 Å². The zero-order chi connectivity index (χ0) is 27.8. The highest BCUT2D eigenvalue weighted by Gasteiger charge is 2.48. The summed E-state index contributed by atoms with van der Waals surface area (Å²) in [6, 6.07) is 20.1. The maximum absolute atomic E-state index is 11.5. The van der Waals surface area contributed by atoms with Gasteiger partial charge in [0.05, 0.1) is 12.5 Å². The molecule has 3 aromatic heterocycles. The van der Waals surface area contributed by atoms with E-state index in [4.69, 9.17) is 10.5 Å². The van der Waals surface area contributed by atoms with Crippen molar-refractivity contribution in [3.63, 3.8) is 0 Å². The quantitative estimate of drug-likeness (QED) is 0.191. The zero-order valence-electron chi connectivity index (χ0n) is 21.0. The molecular formula is C27H26N8O5. The summed E-state index contributed by atoms with van der Waals surface area (Å²) in [7, 11) is 0. The van der Waals surface area contributed by atoms with Crippen molar-refractivity contribution in [2.24, 2.45) is 0 Å². The monoisotopic (exact) mass is 542 g/mol. The molecule has 0 bridgehead atoms. The number of carbonyl (C=O) groups is 1. The van der Waals surface area contributed by atoms with E-state index in [9.17, 15) is 20.1 Å². The van der Waals surface area contributed by atoms with Gasteiger partial charge >= 0.3 is 5.97 Å². The van der Waals surface area contributed by atoms with Gasteiger partial charge in [0, 0.05) is 12.5 Å². The van der Waals surface area contributed by atoms with Gasteiger partial charge in [-0.2, -0.15) is 9.97 Å². The second-order valence-corrected chi connectivity index (χ2v) is 9.42. The third-order valence-corrected chi connectivity index (χ3v) is 6.88. The van der Waals surface area contributed by atoms with E-state index in [1.807, 2.05) is 36.4 Å². The number of carboxylic acid groups (broad SMARTS) is 1. The number of aliphatic hydroxyl groups is 2. The fourth-order valence-electron chi connectivity index (χ4n) is 4.87. The number of ether oxygens (including phenoxy) is 1. The first-order valence-corrected chi connectivity index (χ1v) is 12.5. The molecule has 13 nitrogen and oxygen atoms in total. The smallest absolute Gasteiger partial charge is 0.335 e. The van der Waals surface area contributed by atoms with E-state index in [0.717, 1.165) is 11.1 Å². The molecule has 2 aromatic carbocycles. The lowest BCUT2D eigenvalue weighted by Crippen LogP contribution is -2.35. The number of nitrogens with two attached hydrogens (primary N) is 1. The predicted octanol–water partition coefficient (Wildman–Crippen LogP) is 1.54. The molecule has 6 rings (SSSR count). The van der Waals surface area contributed by atoms with Crippen LogP contribution in [0.1, 0.15) is 23.3 Å². The number of fused-ring (bicyclic) bond motifs is 1. The van der Waals surface area contributed by atoms with Crippen LogP contribution in [0.3, 0.4) is 0 Å². The van der Waals surface area contributed by atoms with E-state index in [-0.39, 0.29) is 23.3 Å². The van der Waals surface area contributed by atoms with Crippen LogP contribution in [-0.4, -0.2) is 75.2 Å². The van der Waals surface area contributed by atoms with Gasteiger partial charge < -0.3 is 31.1 Å². The van der Waals surface area contributed by atoms with Gasteiger partial charge in [0.1, 0.15) is 24.4 Å². The number of nitrogens with zero attached hydrogens (tertiary/aromatic N) is 6. The number of aliphatic hydroxyl groups excluding tert-OH is 2. The summed E-state index contributed by atoms with van der Waals surface area (Å²) in [4.78, 5) is 29.3. The maximum Gasteiger partial charge on any atom is 0.335 e. The molecule has 4 heterocycles. The fourth-order valence-corrected chi connectivity index (χ4v) is 4.87. The summed E-state index contributed by atoms with van der Waals surface area (Å²) in [6.07, 6.45) is -1.64. The van der Waals surface area contributed by atoms with Crippen molar-refractivity contribution in [3.8, 4) is 5.95 Å². The average Bonchev–Trinajstić information content (AvgIpc) is 3.67. The molecule has 13 heteroatoms. The Morgan fingerprint density at radius 2 is 1.65 bits per heavy atom. The van der Waals surface area contributed by atoms with E-state index in [0.29, 0.717) is 17.9 Å². The topological polar surface area (TPSA) is 186 Å². The van der Waals surface area contributed by atoms with E-state index < -0.39 is 30.5 Å². The van der Waals surface area contributed by atoms with Crippen molar-refractivity contribution in [3.05, 3.63) is 90.6 Å². The second-order valence-electron chi connectivity index (χ2n) is 9.42. The largest absolute Gasteiger partial charge is 0.479 e. The fraction of sp³-hybridized carbons (Fsp3) is 0.222. The summed E-state index contributed by atoms with van der Waals surface area (Å²) in [6.45, 7) is 0.459. The number of hydrogen-bond donors (Lipinski definition) is 5. The zero-order valence-corrected chi connectivity index (χ0v) is 21.0.